The molecule has 0 saturated heterocycles. The summed E-state index contributed by atoms with van der Waals surface area (Å²) in [6, 6.07) is 2.03. The number of ether oxygens (including phenoxy) is 1. The van der Waals surface area contributed by atoms with Gasteiger partial charge in [-0.2, -0.15) is 0 Å². The van der Waals surface area contributed by atoms with Crippen LogP contribution in [0.15, 0.2) is 0 Å². The van der Waals surface area contributed by atoms with E-state index in [1.165, 1.54) is 25.7 Å². The van der Waals surface area contributed by atoms with E-state index in [2.05, 4.69) is 24.2 Å². The van der Waals surface area contributed by atoms with Crippen LogP contribution in [0.3, 0.4) is 0 Å². The standard InChI is InChI=1S/C13H26N2O/c1-10(11-4-5-11)15(2)13(9-16-3)8-14-12-6-7-12/h10-14H,4-9H2,1-3H3. The highest BCUT2D eigenvalue weighted by Crippen LogP contribution is 2.35. The molecule has 0 amide bonds. The maximum atomic E-state index is 5.35. The molecule has 2 saturated carbocycles. The van der Waals surface area contributed by atoms with Gasteiger partial charge in [-0.05, 0) is 45.6 Å². The molecule has 0 aliphatic heterocycles. The third kappa shape index (κ3) is 3.44. The van der Waals surface area contributed by atoms with Crippen molar-refractivity contribution in [1.29, 1.82) is 0 Å². The molecular weight excluding hydrogens is 200 g/mol. The summed E-state index contributed by atoms with van der Waals surface area (Å²) in [4.78, 5) is 2.51. The predicted octanol–water partition coefficient (Wildman–Crippen LogP) is 1.48. The maximum Gasteiger partial charge on any atom is 0.0630 e. The molecule has 0 aromatic heterocycles. The van der Waals surface area contributed by atoms with E-state index in [9.17, 15) is 0 Å². The first-order valence-electron chi connectivity index (χ1n) is 6.66. The first-order chi connectivity index (χ1) is 7.72. The molecule has 2 rings (SSSR count). The van der Waals surface area contributed by atoms with Crippen molar-refractivity contribution >= 4 is 0 Å². The number of hydrogen-bond acceptors (Lipinski definition) is 3. The Morgan fingerprint density at radius 3 is 2.50 bits per heavy atom. The van der Waals surface area contributed by atoms with Gasteiger partial charge in [-0.25, -0.2) is 0 Å². The second-order valence-electron chi connectivity index (χ2n) is 5.54. The third-order valence-electron chi connectivity index (χ3n) is 4.10. The van der Waals surface area contributed by atoms with Crippen LogP contribution >= 0.6 is 0 Å². The zero-order chi connectivity index (χ0) is 11.5. The van der Waals surface area contributed by atoms with Gasteiger partial charge in [-0.1, -0.05) is 0 Å². The van der Waals surface area contributed by atoms with Crippen molar-refractivity contribution < 1.29 is 4.74 Å². The van der Waals surface area contributed by atoms with Gasteiger partial charge in [-0.15, -0.1) is 0 Å². The Balaban J connectivity index is 1.77. The summed E-state index contributed by atoms with van der Waals surface area (Å²) in [5.41, 5.74) is 0. The molecule has 94 valence electrons. The lowest BCUT2D eigenvalue weighted by Crippen LogP contribution is -2.48. The SMILES string of the molecule is COCC(CNC1CC1)N(C)C(C)C1CC1. The van der Waals surface area contributed by atoms with Crippen molar-refractivity contribution in [2.24, 2.45) is 5.92 Å². The molecule has 0 aromatic carbocycles. The van der Waals surface area contributed by atoms with Gasteiger partial charge in [-0.3, -0.25) is 4.90 Å². The van der Waals surface area contributed by atoms with E-state index in [1.807, 2.05) is 0 Å². The minimum absolute atomic E-state index is 0.529. The quantitative estimate of drug-likeness (QED) is 0.678. The average Bonchev–Trinajstić information content (AvgIpc) is 3.15. The van der Waals surface area contributed by atoms with Gasteiger partial charge in [0.2, 0.25) is 0 Å². The molecule has 2 atom stereocenters. The highest BCUT2D eigenvalue weighted by Gasteiger charge is 2.33. The van der Waals surface area contributed by atoms with Crippen LogP contribution in [0.2, 0.25) is 0 Å². The van der Waals surface area contributed by atoms with Crippen LogP contribution in [0.5, 0.6) is 0 Å². The van der Waals surface area contributed by atoms with Crippen LogP contribution in [0.4, 0.5) is 0 Å². The smallest absolute Gasteiger partial charge is 0.0630 e. The van der Waals surface area contributed by atoms with Crippen LogP contribution in [0.1, 0.15) is 32.6 Å². The van der Waals surface area contributed by atoms with Crippen molar-refractivity contribution in [3.63, 3.8) is 0 Å². The van der Waals surface area contributed by atoms with Gasteiger partial charge in [0, 0.05) is 31.8 Å². The van der Waals surface area contributed by atoms with E-state index >= 15 is 0 Å². The van der Waals surface area contributed by atoms with Crippen molar-refractivity contribution in [1.82, 2.24) is 10.2 Å². The molecular formula is C13H26N2O. The predicted molar refractivity (Wildman–Crippen MR) is 66.6 cm³/mol. The zero-order valence-corrected chi connectivity index (χ0v) is 10.9. The summed E-state index contributed by atoms with van der Waals surface area (Å²) in [5, 5.41) is 3.61. The minimum Gasteiger partial charge on any atom is -0.383 e. The second-order valence-corrected chi connectivity index (χ2v) is 5.54. The third-order valence-corrected chi connectivity index (χ3v) is 4.10. The molecule has 2 aliphatic rings. The molecule has 16 heavy (non-hydrogen) atoms. The summed E-state index contributed by atoms with van der Waals surface area (Å²) < 4.78 is 5.35. The first kappa shape index (κ1) is 12.3. The maximum absolute atomic E-state index is 5.35. The summed E-state index contributed by atoms with van der Waals surface area (Å²) >= 11 is 0. The zero-order valence-electron chi connectivity index (χ0n) is 10.9. The number of nitrogens with one attached hydrogen (secondary N) is 1. The van der Waals surface area contributed by atoms with Gasteiger partial charge in [0.1, 0.15) is 0 Å². The molecule has 0 aromatic rings. The molecule has 3 nitrogen and oxygen atoms in total. The van der Waals surface area contributed by atoms with E-state index in [-0.39, 0.29) is 0 Å². The van der Waals surface area contributed by atoms with Crippen LogP contribution in [0.25, 0.3) is 0 Å². The van der Waals surface area contributed by atoms with Crippen molar-refractivity contribution in [2.45, 2.75) is 50.7 Å². The summed E-state index contributed by atoms with van der Waals surface area (Å²) in [7, 11) is 4.06. The van der Waals surface area contributed by atoms with E-state index in [4.69, 9.17) is 4.74 Å². The number of likely N-dealkylation sites (N-methyl/N-ethyl adjacent to an activating group) is 1. The molecule has 0 radical (unpaired) electrons. The largest absolute Gasteiger partial charge is 0.383 e. The van der Waals surface area contributed by atoms with Crippen LogP contribution in [-0.4, -0.2) is 50.3 Å². The fraction of sp³-hybridized carbons (Fsp3) is 1.00. The van der Waals surface area contributed by atoms with E-state index in [1.54, 1.807) is 7.11 Å². The normalized spacial score (nSPS) is 24.8. The Morgan fingerprint density at radius 2 is 2.00 bits per heavy atom. The van der Waals surface area contributed by atoms with Gasteiger partial charge >= 0.3 is 0 Å². The van der Waals surface area contributed by atoms with Gasteiger partial charge in [0.05, 0.1) is 6.61 Å². The fourth-order valence-electron chi connectivity index (χ4n) is 2.35. The lowest BCUT2D eigenvalue weighted by molar-refractivity contribution is 0.0774. The van der Waals surface area contributed by atoms with E-state index in [0.29, 0.717) is 12.1 Å². The number of rotatable bonds is 8. The van der Waals surface area contributed by atoms with E-state index < -0.39 is 0 Å². The van der Waals surface area contributed by atoms with E-state index in [0.717, 1.165) is 25.1 Å². The van der Waals surface area contributed by atoms with Crippen LogP contribution in [-0.2, 0) is 4.74 Å². The molecule has 2 fully saturated rings. The Bertz CT molecular complexity index is 214. The monoisotopic (exact) mass is 226 g/mol. The Hall–Kier alpha value is -0.120. The average molecular weight is 226 g/mol. The van der Waals surface area contributed by atoms with Crippen molar-refractivity contribution in [3.05, 3.63) is 0 Å². The Morgan fingerprint density at radius 1 is 1.31 bits per heavy atom. The molecule has 2 aliphatic carbocycles. The van der Waals surface area contributed by atoms with Crippen molar-refractivity contribution in [2.75, 3.05) is 27.3 Å². The van der Waals surface area contributed by atoms with Crippen LogP contribution in [0, 0.1) is 5.92 Å². The minimum atomic E-state index is 0.529. The number of methoxy groups -OCH3 is 1. The van der Waals surface area contributed by atoms with Gasteiger partial charge in [0.15, 0.2) is 0 Å². The molecule has 1 N–H and O–H groups in total. The molecule has 0 spiro atoms. The molecule has 3 heteroatoms. The lowest BCUT2D eigenvalue weighted by atomic mass is 10.1. The topological polar surface area (TPSA) is 24.5 Å². The van der Waals surface area contributed by atoms with Gasteiger partial charge < -0.3 is 10.1 Å². The van der Waals surface area contributed by atoms with Crippen LogP contribution < -0.4 is 5.32 Å². The second kappa shape index (κ2) is 5.48. The molecule has 0 bridgehead atoms. The molecule has 0 heterocycles. The van der Waals surface area contributed by atoms with Crippen molar-refractivity contribution in [3.8, 4) is 0 Å². The van der Waals surface area contributed by atoms with Gasteiger partial charge in [0.25, 0.3) is 0 Å². The fourth-order valence-corrected chi connectivity index (χ4v) is 2.35. The highest BCUT2D eigenvalue weighted by atomic mass is 16.5. The first-order valence-corrected chi connectivity index (χ1v) is 6.66. The summed E-state index contributed by atoms with van der Waals surface area (Å²) in [6.45, 7) is 4.27. The number of nitrogens with zero attached hydrogens (tertiary/aromatic N) is 1. The molecule has 2 unspecified atom stereocenters. The Kier molecular flexibility index (Phi) is 4.22. The highest BCUT2D eigenvalue weighted by molar-refractivity contribution is 4.89. The lowest BCUT2D eigenvalue weighted by Gasteiger charge is -2.33. The summed E-state index contributed by atoms with van der Waals surface area (Å²) in [5.74, 6) is 0.935. The number of hydrogen-bond donors (Lipinski definition) is 1. The summed E-state index contributed by atoms with van der Waals surface area (Å²) in [6.07, 6.45) is 5.56. The Labute approximate surface area is 99.5 Å².